The van der Waals surface area contributed by atoms with E-state index in [-0.39, 0.29) is 15.8 Å². The molecule has 3 aromatic rings. The Labute approximate surface area is 171 Å². The molecule has 8 heteroatoms. The molecule has 0 amide bonds. The molecule has 0 spiro atoms. The number of anilines is 1. The minimum Gasteiger partial charge on any atom is -0.419 e. The highest BCUT2D eigenvalue weighted by Crippen LogP contribution is 2.35. The average molecular weight is 496 g/mol. The summed E-state index contributed by atoms with van der Waals surface area (Å²) in [5.41, 5.74) is 0.742. The van der Waals surface area contributed by atoms with E-state index in [0.29, 0.717) is 32.2 Å². The maximum absolute atomic E-state index is 13.2. The van der Waals surface area contributed by atoms with Crippen LogP contribution in [0.5, 0.6) is 0 Å². The molecule has 1 saturated heterocycles. The molecule has 1 fully saturated rings. The smallest absolute Gasteiger partial charge is 0.236 e. The topological polar surface area (TPSA) is 72.6 Å². The van der Waals surface area contributed by atoms with E-state index in [1.54, 1.807) is 30.3 Å². The van der Waals surface area contributed by atoms with Gasteiger partial charge in [-0.25, -0.2) is 8.42 Å². The van der Waals surface area contributed by atoms with Crippen LogP contribution in [0.1, 0.15) is 0 Å². The molecule has 1 aliphatic heterocycles. The molecule has 0 bridgehead atoms. The lowest BCUT2D eigenvalue weighted by Crippen LogP contribution is -2.36. The average Bonchev–Trinajstić information content (AvgIpc) is 3.16. The van der Waals surface area contributed by atoms with Crippen molar-refractivity contribution >= 4 is 38.3 Å². The summed E-state index contributed by atoms with van der Waals surface area (Å²) in [6.07, 6.45) is 0. The van der Waals surface area contributed by atoms with Crippen LogP contribution in [-0.2, 0) is 14.6 Å². The van der Waals surface area contributed by atoms with Gasteiger partial charge < -0.3 is 14.1 Å². The van der Waals surface area contributed by atoms with Gasteiger partial charge in [0.15, 0.2) is 0 Å². The highest BCUT2D eigenvalue weighted by atomic mass is 127. The van der Waals surface area contributed by atoms with Gasteiger partial charge in [-0.15, -0.1) is 0 Å². The maximum atomic E-state index is 13.2. The third kappa shape index (κ3) is 3.74. The van der Waals surface area contributed by atoms with Crippen LogP contribution >= 0.6 is 22.6 Å². The van der Waals surface area contributed by atoms with Gasteiger partial charge in [-0.1, -0.05) is 24.3 Å². The molecule has 140 valence electrons. The van der Waals surface area contributed by atoms with Gasteiger partial charge >= 0.3 is 0 Å². The first-order valence-electron chi connectivity index (χ1n) is 8.45. The molecular weight excluding hydrogens is 479 g/mol. The number of rotatable bonds is 4. The number of halogens is 1. The fourth-order valence-electron chi connectivity index (χ4n) is 2.90. The van der Waals surface area contributed by atoms with Crippen LogP contribution in [0, 0.1) is 3.57 Å². The zero-order valence-corrected chi connectivity index (χ0v) is 17.3. The van der Waals surface area contributed by atoms with Crippen LogP contribution < -0.4 is 4.90 Å². The Kier molecular flexibility index (Phi) is 5.20. The van der Waals surface area contributed by atoms with E-state index >= 15 is 0 Å². The molecule has 1 aromatic heterocycles. The number of sulfone groups is 1. The van der Waals surface area contributed by atoms with Crippen molar-refractivity contribution in [1.29, 1.82) is 0 Å². The molecule has 6 nitrogen and oxygen atoms in total. The van der Waals surface area contributed by atoms with Gasteiger partial charge in [-0.3, -0.25) is 0 Å². The lowest BCUT2D eigenvalue weighted by Gasteiger charge is -2.26. The molecule has 2 heterocycles. The van der Waals surface area contributed by atoms with Gasteiger partial charge in [-0.2, -0.15) is 4.98 Å². The van der Waals surface area contributed by atoms with E-state index in [2.05, 4.69) is 27.6 Å². The predicted molar refractivity (Wildman–Crippen MR) is 110 cm³/mol. The largest absolute Gasteiger partial charge is 0.419 e. The SMILES string of the molecule is O=S(=O)(c1ccccc1)c1nc(-c2cccc(I)c2)oc1N1CCOCC1. The molecule has 4 rings (SSSR count). The second-order valence-electron chi connectivity index (χ2n) is 6.06. The van der Waals surface area contributed by atoms with E-state index in [1.165, 1.54) is 0 Å². The maximum Gasteiger partial charge on any atom is 0.236 e. The van der Waals surface area contributed by atoms with Gasteiger partial charge in [-0.05, 0) is 52.9 Å². The predicted octanol–water partition coefficient (Wildman–Crippen LogP) is 3.62. The number of ether oxygens (including phenoxy) is 1. The Morgan fingerprint density at radius 3 is 2.44 bits per heavy atom. The molecule has 1 aliphatic rings. The molecule has 0 unspecified atom stereocenters. The van der Waals surface area contributed by atoms with Crippen LogP contribution in [0.25, 0.3) is 11.5 Å². The lowest BCUT2D eigenvalue weighted by molar-refractivity contribution is 0.120. The first-order valence-corrected chi connectivity index (χ1v) is 11.0. The summed E-state index contributed by atoms with van der Waals surface area (Å²) < 4.78 is 38.8. The summed E-state index contributed by atoms with van der Waals surface area (Å²) in [5, 5.41) is -0.0514. The highest BCUT2D eigenvalue weighted by molar-refractivity contribution is 14.1. The second-order valence-corrected chi connectivity index (χ2v) is 9.17. The van der Waals surface area contributed by atoms with Crippen LogP contribution in [0.15, 0.2) is 68.9 Å². The molecule has 0 N–H and O–H groups in total. The van der Waals surface area contributed by atoms with Crippen LogP contribution in [0.3, 0.4) is 0 Å². The molecule has 0 radical (unpaired) electrons. The zero-order chi connectivity index (χ0) is 18.9. The Bertz CT molecular complexity index is 1040. The van der Waals surface area contributed by atoms with E-state index in [1.807, 2.05) is 29.2 Å². The van der Waals surface area contributed by atoms with Gasteiger partial charge in [0.2, 0.25) is 26.6 Å². The lowest BCUT2D eigenvalue weighted by atomic mass is 10.2. The number of morpholine rings is 1. The summed E-state index contributed by atoms with van der Waals surface area (Å²) in [7, 11) is -3.81. The summed E-state index contributed by atoms with van der Waals surface area (Å²) >= 11 is 2.20. The van der Waals surface area contributed by atoms with Crippen molar-refractivity contribution in [3.05, 3.63) is 58.2 Å². The molecule has 0 aliphatic carbocycles. The summed E-state index contributed by atoms with van der Waals surface area (Å²) in [4.78, 5) is 6.48. The number of hydrogen-bond acceptors (Lipinski definition) is 6. The van der Waals surface area contributed by atoms with Gasteiger partial charge in [0.05, 0.1) is 18.1 Å². The molecule has 27 heavy (non-hydrogen) atoms. The molecular formula is C19H17IN2O4S. The fraction of sp³-hybridized carbons (Fsp3) is 0.211. The van der Waals surface area contributed by atoms with Crippen molar-refractivity contribution in [3.63, 3.8) is 0 Å². The Morgan fingerprint density at radius 2 is 1.74 bits per heavy atom. The monoisotopic (exact) mass is 496 g/mol. The first-order chi connectivity index (χ1) is 13.1. The van der Waals surface area contributed by atoms with Crippen molar-refractivity contribution in [1.82, 2.24) is 4.98 Å². The van der Waals surface area contributed by atoms with Crippen LogP contribution in [0.4, 0.5) is 5.88 Å². The van der Waals surface area contributed by atoms with E-state index in [4.69, 9.17) is 9.15 Å². The minimum atomic E-state index is -3.81. The van der Waals surface area contributed by atoms with E-state index in [0.717, 1.165) is 9.13 Å². The van der Waals surface area contributed by atoms with Crippen molar-refractivity contribution in [2.75, 3.05) is 31.2 Å². The van der Waals surface area contributed by atoms with Gasteiger partial charge in [0.1, 0.15) is 0 Å². The summed E-state index contributed by atoms with van der Waals surface area (Å²) in [6, 6.07) is 15.9. The Balaban J connectivity index is 1.86. The van der Waals surface area contributed by atoms with Crippen molar-refractivity contribution < 1.29 is 17.6 Å². The highest BCUT2D eigenvalue weighted by Gasteiger charge is 2.32. The van der Waals surface area contributed by atoms with E-state index in [9.17, 15) is 8.42 Å². The number of benzene rings is 2. The van der Waals surface area contributed by atoms with Crippen molar-refractivity contribution in [2.24, 2.45) is 0 Å². The molecule has 2 aromatic carbocycles. The molecule has 0 atom stereocenters. The zero-order valence-electron chi connectivity index (χ0n) is 14.3. The number of aromatic nitrogens is 1. The fourth-order valence-corrected chi connectivity index (χ4v) is 4.78. The summed E-state index contributed by atoms with van der Waals surface area (Å²) in [5.74, 6) is 0.570. The number of hydrogen-bond donors (Lipinski definition) is 0. The number of oxazole rings is 1. The van der Waals surface area contributed by atoms with Gasteiger partial charge in [0.25, 0.3) is 0 Å². The second kappa shape index (κ2) is 7.61. The first kappa shape index (κ1) is 18.5. The normalized spacial score (nSPS) is 15.1. The van der Waals surface area contributed by atoms with Crippen molar-refractivity contribution in [2.45, 2.75) is 9.92 Å². The van der Waals surface area contributed by atoms with Gasteiger partial charge in [0, 0.05) is 22.2 Å². The minimum absolute atomic E-state index is 0.0514. The quantitative estimate of drug-likeness (QED) is 0.514. The standard InChI is InChI=1S/C19H17IN2O4S/c20-15-6-4-5-14(13-15)17-21-18(19(26-17)22-9-11-25-12-10-22)27(23,24)16-7-2-1-3-8-16/h1-8,13H,9-12H2. The third-order valence-corrected chi connectivity index (χ3v) is 6.60. The van der Waals surface area contributed by atoms with Crippen LogP contribution in [0.2, 0.25) is 0 Å². The van der Waals surface area contributed by atoms with Crippen LogP contribution in [-0.4, -0.2) is 39.7 Å². The van der Waals surface area contributed by atoms with Crippen molar-refractivity contribution in [3.8, 4) is 11.5 Å². The Morgan fingerprint density at radius 1 is 1.00 bits per heavy atom. The summed E-state index contributed by atoms with van der Waals surface area (Å²) in [6.45, 7) is 2.14. The molecule has 0 saturated carbocycles. The third-order valence-electron chi connectivity index (χ3n) is 4.26. The Hall–Kier alpha value is -1.91. The number of nitrogens with zero attached hydrogens (tertiary/aromatic N) is 2. The van der Waals surface area contributed by atoms with E-state index < -0.39 is 9.84 Å².